The molecular formula is C32H37Cl2HfNOSi. The van der Waals surface area contributed by atoms with Crippen molar-refractivity contribution in [2.24, 2.45) is 5.92 Å². The summed E-state index contributed by atoms with van der Waals surface area (Å²) < 4.78 is 0. The minimum atomic E-state index is -0.606. The summed E-state index contributed by atoms with van der Waals surface area (Å²) in [6.07, 6.45) is 3.36. The molecule has 0 heterocycles. The van der Waals surface area contributed by atoms with Gasteiger partial charge in [0.2, 0.25) is 0 Å². The Kier molecular flexibility index (Phi) is 18.8. The summed E-state index contributed by atoms with van der Waals surface area (Å²) in [7, 11) is 0.777. The van der Waals surface area contributed by atoms with Crippen LogP contribution >= 0.6 is 0 Å². The number of carbonyl (C=O) groups is 1. The van der Waals surface area contributed by atoms with Gasteiger partial charge in [-0.1, -0.05) is 143 Å². The first-order valence-electron chi connectivity index (χ1n) is 12.0. The number of carbonyl (C=O) groups excluding carboxylic acids is 1. The van der Waals surface area contributed by atoms with Crippen molar-refractivity contribution in [2.75, 3.05) is 0 Å². The van der Waals surface area contributed by atoms with Gasteiger partial charge < -0.3 is 35.3 Å². The van der Waals surface area contributed by atoms with Gasteiger partial charge in [-0.15, -0.1) is 6.92 Å². The van der Waals surface area contributed by atoms with Crippen molar-refractivity contribution in [3.8, 4) is 0 Å². The van der Waals surface area contributed by atoms with Crippen molar-refractivity contribution in [1.82, 2.24) is 0 Å². The van der Waals surface area contributed by atoms with Gasteiger partial charge in [0.15, 0.2) is 0 Å². The fourth-order valence-electron chi connectivity index (χ4n) is 3.71. The summed E-state index contributed by atoms with van der Waals surface area (Å²) in [6, 6.07) is 28.4. The fourth-order valence-corrected chi connectivity index (χ4v) is 4.76. The Morgan fingerprint density at radius 3 is 1.50 bits per heavy atom. The van der Waals surface area contributed by atoms with E-state index in [1.807, 2.05) is 32.9 Å². The van der Waals surface area contributed by atoms with Crippen LogP contribution in [0.1, 0.15) is 64.4 Å². The summed E-state index contributed by atoms with van der Waals surface area (Å²) >= 11 is 0. The average molecular weight is 729 g/mol. The van der Waals surface area contributed by atoms with Crippen LogP contribution in [0.2, 0.25) is 0 Å². The predicted octanol–water partition coefficient (Wildman–Crippen LogP) is 1.25. The SMILES string of the molecule is CC(C)(C)c1ccccc1C([NH-])=O.CC1=[C-]C(C)C(C)=C1C.[Cl-].[Cl-].[Hf+4].c1ccc([Si]c2ccccc2)cc1. The van der Waals surface area contributed by atoms with Crippen molar-refractivity contribution in [2.45, 2.75) is 53.9 Å². The number of hydrogen-bond donors (Lipinski definition) is 0. The molecule has 2 radical (unpaired) electrons. The van der Waals surface area contributed by atoms with Gasteiger partial charge in [-0.25, -0.2) is 5.57 Å². The van der Waals surface area contributed by atoms with E-state index in [4.69, 9.17) is 5.73 Å². The molecule has 1 unspecified atom stereocenters. The van der Waals surface area contributed by atoms with Crippen LogP contribution in [0.25, 0.3) is 5.73 Å². The van der Waals surface area contributed by atoms with E-state index >= 15 is 0 Å². The molecular weight excluding hydrogens is 692 g/mol. The second kappa shape index (κ2) is 18.5. The quantitative estimate of drug-likeness (QED) is 0.296. The zero-order valence-electron chi connectivity index (χ0n) is 23.3. The molecule has 0 aromatic heterocycles. The minimum absolute atomic E-state index is 0. The Bertz CT molecular complexity index is 1140. The summed E-state index contributed by atoms with van der Waals surface area (Å²) in [5.74, 6) is -0.0458. The van der Waals surface area contributed by atoms with E-state index in [0.29, 0.717) is 11.5 Å². The molecule has 38 heavy (non-hydrogen) atoms. The Balaban J connectivity index is 0. The molecule has 6 heteroatoms. The molecule has 1 N–H and O–H groups in total. The number of hydrogen-bond acceptors (Lipinski definition) is 1. The first-order valence-corrected chi connectivity index (χ1v) is 13.0. The van der Waals surface area contributed by atoms with Crippen LogP contribution in [0.5, 0.6) is 0 Å². The van der Waals surface area contributed by atoms with E-state index in [1.165, 1.54) is 27.1 Å². The topological polar surface area (TPSA) is 40.9 Å². The monoisotopic (exact) mass is 729 g/mol. The smallest absolute Gasteiger partial charge is 1.00 e. The molecule has 4 rings (SSSR count). The number of amides is 1. The maximum absolute atomic E-state index is 11.0. The second-order valence-electron chi connectivity index (χ2n) is 9.78. The van der Waals surface area contributed by atoms with Gasteiger partial charge in [-0.2, -0.15) is 11.1 Å². The second-order valence-corrected chi connectivity index (χ2v) is 11.2. The molecule has 1 aliphatic carbocycles. The van der Waals surface area contributed by atoms with Gasteiger partial charge in [0, 0.05) is 5.56 Å². The van der Waals surface area contributed by atoms with Crippen molar-refractivity contribution in [3.05, 3.63) is 125 Å². The standard InChI is InChI=1S/C12H10Si.C11H15NO.C9H13.2ClH.Hf/c1-3-7-11(8-4-1)13-12-9-5-2-6-10-12;1-11(2,3)9-7-5-4-6-8(9)10(12)13;1-6-5-7(2)9(4)8(6)3;;;/h1-10H;4-7H,1-3H3,(H2,12,13);6H,1-4H3;2*1H;/q;;-1;;;+4/p-3. The van der Waals surface area contributed by atoms with Gasteiger partial charge in [0.05, 0.1) is 5.91 Å². The van der Waals surface area contributed by atoms with E-state index in [9.17, 15) is 4.79 Å². The van der Waals surface area contributed by atoms with Crippen LogP contribution in [0.4, 0.5) is 0 Å². The molecule has 3 aromatic carbocycles. The molecule has 3 aromatic rings. The molecule has 2 nitrogen and oxygen atoms in total. The number of benzene rings is 3. The van der Waals surface area contributed by atoms with Gasteiger partial charge in [0.1, 0.15) is 9.52 Å². The zero-order chi connectivity index (χ0) is 26.0. The van der Waals surface area contributed by atoms with Crippen molar-refractivity contribution in [3.63, 3.8) is 0 Å². The minimum Gasteiger partial charge on any atom is -1.00 e. The summed E-state index contributed by atoms with van der Waals surface area (Å²) in [6.45, 7) is 14.8. The maximum atomic E-state index is 11.0. The van der Waals surface area contributed by atoms with E-state index in [2.05, 4.69) is 94.4 Å². The molecule has 0 saturated carbocycles. The van der Waals surface area contributed by atoms with Crippen LogP contribution < -0.4 is 35.2 Å². The average Bonchev–Trinajstić information content (AvgIpc) is 3.06. The van der Waals surface area contributed by atoms with E-state index in [1.54, 1.807) is 12.1 Å². The first kappa shape index (κ1) is 38.4. The molecule has 1 amide bonds. The normalized spacial score (nSPS) is 13.7. The largest absolute Gasteiger partial charge is 4.00 e. The van der Waals surface area contributed by atoms with Gasteiger partial charge in [0.25, 0.3) is 0 Å². The fraction of sp³-hybridized carbons (Fsp3) is 0.281. The Morgan fingerprint density at radius 2 is 1.21 bits per heavy atom. The van der Waals surface area contributed by atoms with Crippen LogP contribution in [-0.2, 0) is 31.3 Å². The Morgan fingerprint density at radius 1 is 0.789 bits per heavy atom. The summed E-state index contributed by atoms with van der Waals surface area (Å²) in [5, 5.41) is 2.79. The van der Waals surface area contributed by atoms with Crippen molar-refractivity contribution < 1.29 is 55.5 Å². The number of allylic oxidation sites excluding steroid dienone is 4. The summed E-state index contributed by atoms with van der Waals surface area (Å²) in [5.41, 5.74) is 12.7. The number of halogens is 2. The van der Waals surface area contributed by atoms with Crippen LogP contribution in [0, 0.1) is 12.0 Å². The Labute approximate surface area is 264 Å². The molecule has 0 fully saturated rings. The third-order valence-electron chi connectivity index (χ3n) is 6.05. The van der Waals surface area contributed by atoms with Gasteiger partial charge >= 0.3 is 25.8 Å². The van der Waals surface area contributed by atoms with Crippen molar-refractivity contribution in [1.29, 1.82) is 0 Å². The van der Waals surface area contributed by atoms with Crippen molar-refractivity contribution >= 4 is 25.8 Å². The molecule has 0 spiro atoms. The van der Waals surface area contributed by atoms with E-state index < -0.39 is 5.91 Å². The van der Waals surface area contributed by atoms with Crippen LogP contribution in [-0.4, -0.2) is 15.4 Å². The molecule has 1 atom stereocenters. The predicted molar refractivity (Wildman–Crippen MR) is 152 cm³/mol. The molecule has 0 bridgehead atoms. The van der Waals surface area contributed by atoms with Crippen LogP contribution in [0.3, 0.4) is 0 Å². The van der Waals surface area contributed by atoms with Crippen LogP contribution in [0.15, 0.2) is 102 Å². The van der Waals surface area contributed by atoms with E-state index in [0.717, 1.165) is 15.1 Å². The third-order valence-corrected chi connectivity index (χ3v) is 7.30. The number of nitrogens with one attached hydrogen (secondary N) is 1. The number of rotatable bonds is 3. The van der Waals surface area contributed by atoms with Gasteiger partial charge in [-0.3, -0.25) is 6.08 Å². The van der Waals surface area contributed by atoms with E-state index in [-0.39, 0.29) is 56.1 Å². The Hall–Kier alpha value is -1.72. The molecule has 0 saturated heterocycles. The molecule has 198 valence electrons. The maximum Gasteiger partial charge on any atom is 4.00 e. The first-order chi connectivity index (χ1) is 16.5. The van der Waals surface area contributed by atoms with Gasteiger partial charge in [-0.05, 0) is 11.0 Å². The zero-order valence-corrected chi connectivity index (χ0v) is 29.4. The third kappa shape index (κ3) is 12.4. The molecule has 0 aliphatic heterocycles. The molecule has 1 aliphatic rings. The summed E-state index contributed by atoms with van der Waals surface area (Å²) in [4.78, 5) is 11.0.